The number of aryl methyl sites for hydroxylation is 1. The molecule has 0 fully saturated rings. The maximum Gasteiger partial charge on any atom is 0.220 e. The summed E-state index contributed by atoms with van der Waals surface area (Å²) in [7, 11) is 0. The third-order valence-electron chi connectivity index (χ3n) is 6.10. The summed E-state index contributed by atoms with van der Waals surface area (Å²) in [6.07, 6.45) is 0. The quantitative estimate of drug-likeness (QED) is 0.373. The zero-order valence-corrected chi connectivity index (χ0v) is 17.7. The molecule has 2 aliphatic heterocycles. The van der Waals surface area contributed by atoms with Crippen molar-refractivity contribution in [3.63, 3.8) is 0 Å². The van der Waals surface area contributed by atoms with Gasteiger partial charge in [-0.3, -0.25) is 0 Å². The van der Waals surface area contributed by atoms with Crippen molar-refractivity contribution >= 4 is 11.4 Å². The molecular formula is C26H22N4O2. The van der Waals surface area contributed by atoms with Crippen molar-refractivity contribution in [3.05, 3.63) is 95.7 Å². The van der Waals surface area contributed by atoms with Gasteiger partial charge in [0.15, 0.2) is 0 Å². The Hall–Kier alpha value is -3.93. The molecule has 3 heterocycles. The highest BCUT2D eigenvalue weighted by molar-refractivity contribution is 5.56. The molecule has 0 unspecified atom stereocenters. The lowest BCUT2D eigenvalue weighted by molar-refractivity contribution is 0.121. The summed E-state index contributed by atoms with van der Waals surface area (Å²) >= 11 is 0. The van der Waals surface area contributed by atoms with Crippen LogP contribution in [0.2, 0.25) is 0 Å². The molecule has 0 aliphatic carbocycles. The normalized spacial score (nSPS) is 18.9. The third kappa shape index (κ3) is 3.15. The van der Waals surface area contributed by atoms with E-state index >= 15 is 0 Å². The van der Waals surface area contributed by atoms with Gasteiger partial charge in [0, 0.05) is 23.0 Å². The maximum atomic E-state index is 6.23. The van der Waals surface area contributed by atoms with Gasteiger partial charge in [-0.1, -0.05) is 36.4 Å². The van der Waals surface area contributed by atoms with E-state index in [0.29, 0.717) is 13.2 Å². The molecule has 2 aliphatic rings. The Kier molecular flexibility index (Phi) is 4.49. The van der Waals surface area contributed by atoms with E-state index in [1.807, 2.05) is 77.5 Å². The van der Waals surface area contributed by atoms with Crippen molar-refractivity contribution in [2.45, 2.75) is 12.8 Å². The van der Waals surface area contributed by atoms with Crippen molar-refractivity contribution < 1.29 is 9.47 Å². The maximum absolute atomic E-state index is 6.23. The van der Waals surface area contributed by atoms with Gasteiger partial charge in [0.25, 0.3) is 0 Å². The Balaban J connectivity index is 1.43. The minimum absolute atomic E-state index is 0.145. The largest absolute Gasteiger partial charge is 0.493 e. The minimum atomic E-state index is 0.145. The van der Waals surface area contributed by atoms with Crippen molar-refractivity contribution in [1.29, 1.82) is 0 Å². The van der Waals surface area contributed by atoms with E-state index in [0.717, 1.165) is 45.5 Å². The summed E-state index contributed by atoms with van der Waals surface area (Å²) in [5.41, 5.74) is 5.85. The van der Waals surface area contributed by atoms with Crippen molar-refractivity contribution in [2.24, 2.45) is 16.1 Å². The molecule has 0 radical (unpaired) electrons. The van der Waals surface area contributed by atoms with Gasteiger partial charge in [-0.15, -0.1) is 0 Å². The van der Waals surface area contributed by atoms with Crippen LogP contribution in [0.25, 0.3) is 5.69 Å². The summed E-state index contributed by atoms with van der Waals surface area (Å²) < 4.78 is 14.2. The Morgan fingerprint density at radius 1 is 0.844 bits per heavy atom. The van der Waals surface area contributed by atoms with E-state index in [-0.39, 0.29) is 11.8 Å². The number of para-hydroxylation sites is 1. The number of nitrogens with zero attached hydrogens (tertiary/aromatic N) is 4. The molecule has 6 heteroatoms. The van der Waals surface area contributed by atoms with Gasteiger partial charge in [0.1, 0.15) is 5.75 Å². The first-order valence-corrected chi connectivity index (χ1v) is 10.8. The van der Waals surface area contributed by atoms with Gasteiger partial charge < -0.3 is 9.47 Å². The number of ether oxygens (including phenoxy) is 2. The monoisotopic (exact) mass is 422 g/mol. The van der Waals surface area contributed by atoms with Crippen molar-refractivity contribution in [2.75, 3.05) is 13.2 Å². The molecule has 0 saturated carbocycles. The number of azo groups is 1. The molecule has 6 nitrogen and oxygen atoms in total. The predicted molar refractivity (Wildman–Crippen MR) is 122 cm³/mol. The molecule has 0 saturated heterocycles. The first-order valence-electron chi connectivity index (χ1n) is 10.8. The van der Waals surface area contributed by atoms with Crippen LogP contribution in [0.4, 0.5) is 11.4 Å². The molecular weight excluding hydrogens is 400 g/mol. The fourth-order valence-electron chi connectivity index (χ4n) is 4.61. The SMILES string of the molecule is Cc1nn(-c2ccccc2)c2c1[C@H]1c3cc(N=Nc4ccccc4)ccc3OC[C@H]1CO2. The first kappa shape index (κ1) is 18.8. The van der Waals surface area contributed by atoms with E-state index in [4.69, 9.17) is 14.6 Å². The Morgan fingerprint density at radius 3 is 2.38 bits per heavy atom. The zero-order chi connectivity index (χ0) is 21.5. The number of hydrogen-bond donors (Lipinski definition) is 0. The third-order valence-corrected chi connectivity index (χ3v) is 6.10. The van der Waals surface area contributed by atoms with E-state index in [2.05, 4.69) is 23.2 Å². The summed E-state index contributed by atoms with van der Waals surface area (Å²) in [6.45, 7) is 3.26. The van der Waals surface area contributed by atoms with Gasteiger partial charge >= 0.3 is 0 Å². The van der Waals surface area contributed by atoms with Crippen LogP contribution in [0.1, 0.15) is 22.7 Å². The second-order valence-electron chi connectivity index (χ2n) is 8.17. The van der Waals surface area contributed by atoms with Crippen LogP contribution in [0, 0.1) is 12.8 Å². The minimum Gasteiger partial charge on any atom is -0.493 e. The Bertz CT molecular complexity index is 1300. The predicted octanol–water partition coefficient (Wildman–Crippen LogP) is 6.13. The smallest absolute Gasteiger partial charge is 0.220 e. The first-order chi connectivity index (χ1) is 15.8. The Labute approximate surface area is 186 Å². The summed E-state index contributed by atoms with van der Waals surface area (Å²) in [6, 6.07) is 25.9. The number of rotatable bonds is 3. The van der Waals surface area contributed by atoms with Crippen LogP contribution < -0.4 is 9.47 Å². The molecule has 0 spiro atoms. The van der Waals surface area contributed by atoms with Gasteiger partial charge in [-0.25, -0.2) is 4.68 Å². The van der Waals surface area contributed by atoms with Gasteiger partial charge in [-0.05, 0) is 49.4 Å². The average molecular weight is 422 g/mol. The molecule has 0 amide bonds. The highest BCUT2D eigenvalue weighted by Gasteiger charge is 2.41. The number of fused-ring (bicyclic) bond motifs is 5. The highest BCUT2D eigenvalue weighted by atomic mass is 16.5. The molecule has 3 aromatic carbocycles. The lowest BCUT2D eigenvalue weighted by atomic mass is 9.78. The lowest BCUT2D eigenvalue weighted by Gasteiger charge is -2.37. The standard InChI is InChI=1S/C26H22N4O2/c1-17-24-25-18(16-32-26(24)30(29-17)21-10-6-3-7-11-21)15-31-23-13-12-20(14-22(23)25)28-27-19-8-4-2-5-9-19/h2-14,18,25H,15-16H2,1H3/t18-,25+/m0/s1. The topological polar surface area (TPSA) is 61.0 Å². The number of benzene rings is 3. The lowest BCUT2D eigenvalue weighted by Crippen LogP contribution is -2.35. The molecule has 0 N–H and O–H groups in total. The van der Waals surface area contributed by atoms with Crippen LogP contribution in [-0.2, 0) is 0 Å². The van der Waals surface area contributed by atoms with Gasteiger partial charge in [0.05, 0.1) is 36.0 Å². The van der Waals surface area contributed by atoms with Gasteiger partial charge in [-0.2, -0.15) is 15.3 Å². The molecule has 158 valence electrons. The van der Waals surface area contributed by atoms with Crippen LogP contribution in [0.5, 0.6) is 11.6 Å². The van der Waals surface area contributed by atoms with E-state index in [1.165, 1.54) is 0 Å². The number of hydrogen-bond acceptors (Lipinski definition) is 5. The molecule has 32 heavy (non-hydrogen) atoms. The molecule has 2 atom stereocenters. The second-order valence-corrected chi connectivity index (χ2v) is 8.17. The molecule has 1 aromatic heterocycles. The van der Waals surface area contributed by atoms with Crippen molar-refractivity contribution in [3.8, 4) is 17.3 Å². The zero-order valence-electron chi connectivity index (χ0n) is 17.7. The molecule has 6 rings (SSSR count). The van der Waals surface area contributed by atoms with Crippen molar-refractivity contribution in [1.82, 2.24) is 9.78 Å². The van der Waals surface area contributed by atoms with E-state index in [1.54, 1.807) is 0 Å². The fraction of sp³-hybridized carbons (Fsp3) is 0.192. The van der Waals surface area contributed by atoms with Crippen LogP contribution >= 0.6 is 0 Å². The second kappa shape index (κ2) is 7.64. The van der Waals surface area contributed by atoms with Crippen LogP contribution in [0.15, 0.2) is 89.1 Å². The average Bonchev–Trinajstić information content (AvgIpc) is 3.20. The fourth-order valence-corrected chi connectivity index (χ4v) is 4.61. The highest BCUT2D eigenvalue weighted by Crippen LogP contribution is 2.49. The van der Waals surface area contributed by atoms with Crippen LogP contribution in [0.3, 0.4) is 0 Å². The summed E-state index contributed by atoms with van der Waals surface area (Å²) in [5, 5.41) is 13.7. The molecule has 4 aromatic rings. The Morgan fingerprint density at radius 2 is 1.56 bits per heavy atom. The van der Waals surface area contributed by atoms with E-state index in [9.17, 15) is 0 Å². The number of aromatic nitrogens is 2. The van der Waals surface area contributed by atoms with Crippen LogP contribution in [-0.4, -0.2) is 23.0 Å². The van der Waals surface area contributed by atoms with E-state index < -0.39 is 0 Å². The summed E-state index contributed by atoms with van der Waals surface area (Å²) in [4.78, 5) is 0. The summed E-state index contributed by atoms with van der Waals surface area (Å²) in [5.74, 6) is 2.08. The van der Waals surface area contributed by atoms with Gasteiger partial charge in [0.2, 0.25) is 5.88 Å². The molecule has 0 bridgehead atoms.